The van der Waals surface area contributed by atoms with E-state index in [1.807, 2.05) is 31.2 Å². The molecule has 0 aliphatic heterocycles. The van der Waals surface area contributed by atoms with E-state index in [9.17, 15) is 4.79 Å². The summed E-state index contributed by atoms with van der Waals surface area (Å²) in [5, 5.41) is 10.9. The van der Waals surface area contributed by atoms with Gasteiger partial charge in [0.25, 0.3) is 0 Å². The van der Waals surface area contributed by atoms with Crippen molar-refractivity contribution in [3.05, 3.63) is 95.8 Å². The van der Waals surface area contributed by atoms with Crippen LogP contribution in [-0.4, -0.2) is 49.2 Å². The van der Waals surface area contributed by atoms with E-state index < -0.39 is 6.09 Å². The van der Waals surface area contributed by atoms with Gasteiger partial charge >= 0.3 is 6.09 Å². The summed E-state index contributed by atoms with van der Waals surface area (Å²) in [4.78, 5) is 14.7. The molecule has 0 aliphatic rings. The van der Waals surface area contributed by atoms with Crippen LogP contribution in [0, 0.1) is 0 Å². The largest absolute Gasteiger partial charge is 0.494 e. The van der Waals surface area contributed by atoms with Crippen molar-refractivity contribution in [2.75, 3.05) is 33.0 Å². The lowest BCUT2D eigenvalue weighted by molar-refractivity contribution is 0.126. The van der Waals surface area contributed by atoms with Crippen molar-refractivity contribution < 1.29 is 28.8 Å². The minimum absolute atomic E-state index is 0.166. The maximum atomic E-state index is 10.4. The maximum absolute atomic E-state index is 10.4. The number of rotatable bonds is 23. The Bertz CT molecular complexity index is 1310. The molecule has 0 radical (unpaired) electrons. The Morgan fingerprint density at radius 1 is 0.804 bits per heavy atom. The lowest BCUT2D eigenvalue weighted by atomic mass is 9.78. The molecule has 2 aromatic carbocycles. The molecule has 1 amide bonds. The van der Waals surface area contributed by atoms with E-state index in [1.54, 1.807) is 6.20 Å². The predicted molar refractivity (Wildman–Crippen MR) is 184 cm³/mol. The molecule has 46 heavy (non-hydrogen) atoms. The molecule has 0 bridgehead atoms. The van der Waals surface area contributed by atoms with E-state index in [0.717, 1.165) is 68.1 Å². The van der Waals surface area contributed by atoms with Crippen LogP contribution in [0.2, 0.25) is 0 Å². The zero-order valence-electron chi connectivity index (χ0n) is 27.9. The lowest BCUT2D eigenvalue weighted by Gasteiger charge is -2.26. The van der Waals surface area contributed by atoms with E-state index >= 15 is 0 Å². The van der Waals surface area contributed by atoms with Gasteiger partial charge in [0.15, 0.2) is 0 Å². The molecule has 1 aromatic heterocycles. The van der Waals surface area contributed by atoms with Gasteiger partial charge in [-0.3, -0.25) is 4.98 Å². The van der Waals surface area contributed by atoms with Crippen LogP contribution in [0.15, 0.2) is 73.4 Å². The molecule has 0 fully saturated rings. The third kappa shape index (κ3) is 13.1. The molecule has 2 N–H and O–H groups in total. The summed E-state index contributed by atoms with van der Waals surface area (Å²) in [7, 11) is 0. The second-order valence-electron chi connectivity index (χ2n) is 11.9. The first-order chi connectivity index (χ1) is 22.3. The van der Waals surface area contributed by atoms with Crippen LogP contribution in [-0.2, 0) is 21.5 Å². The van der Waals surface area contributed by atoms with E-state index in [4.69, 9.17) is 24.1 Å². The zero-order chi connectivity index (χ0) is 33.0. The van der Waals surface area contributed by atoms with Crippen LogP contribution < -0.4 is 14.8 Å². The van der Waals surface area contributed by atoms with E-state index in [1.165, 1.54) is 30.4 Å². The highest BCUT2D eigenvalue weighted by Gasteiger charge is 2.23. The van der Waals surface area contributed by atoms with Crippen LogP contribution in [0.5, 0.6) is 11.5 Å². The molecule has 8 nitrogen and oxygen atoms in total. The van der Waals surface area contributed by atoms with Gasteiger partial charge in [-0.2, -0.15) is 0 Å². The third-order valence-electron chi connectivity index (χ3n) is 7.93. The number of nitrogens with one attached hydrogen (secondary N) is 1. The van der Waals surface area contributed by atoms with Gasteiger partial charge in [0.1, 0.15) is 29.6 Å². The number of carboxylic acid groups (broad SMARTS) is 1. The van der Waals surface area contributed by atoms with Gasteiger partial charge in [0, 0.05) is 31.4 Å². The number of pyridine rings is 1. The number of nitrogens with zero attached hydrogens (tertiary/aromatic N) is 1. The second-order valence-corrected chi connectivity index (χ2v) is 11.9. The van der Waals surface area contributed by atoms with Gasteiger partial charge in [0.2, 0.25) is 0 Å². The molecule has 0 unspecified atom stereocenters. The first-order valence-electron chi connectivity index (χ1n) is 16.6. The number of hydrogen-bond donors (Lipinski definition) is 2. The molecule has 0 spiro atoms. The van der Waals surface area contributed by atoms with Crippen molar-refractivity contribution in [2.24, 2.45) is 0 Å². The summed E-state index contributed by atoms with van der Waals surface area (Å²) in [6, 6.07) is 20.7. The molecule has 1 heterocycles. The summed E-state index contributed by atoms with van der Waals surface area (Å²) in [5.74, 6) is 2.29. The minimum atomic E-state index is -0.966. The molecule has 0 aliphatic carbocycles. The van der Waals surface area contributed by atoms with Crippen LogP contribution in [0.4, 0.5) is 4.79 Å². The molecule has 8 heteroatoms. The Hall–Kier alpha value is -4.04. The van der Waals surface area contributed by atoms with E-state index in [0.29, 0.717) is 32.1 Å². The highest BCUT2D eigenvalue weighted by Crippen LogP contribution is 2.33. The van der Waals surface area contributed by atoms with Crippen molar-refractivity contribution in [2.45, 2.75) is 84.2 Å². The molecule has 0 saturated heterocycles. The van der Waals surface area contributed by atoms with Crippen molar-refractivity contribution in [3.8, 4) is 11.5 Å². The average molecular weight is 633 g/mol. The molecule has 3 aromatic rings. The summed E-state index contributed by atoms with van der Waals surface area (Å²) in [6.45, 7) is 14.0. The van der Waals surface area contributed by atoms with E-state index in [2.05, 4.69) is 67.1 Å². The van der Waals surface area contributed by atoms with Gasteiger partial charge in [0.05, 0.1) is 13.2 Å². The monoisotopic (exact) mass is 632 g/mol. The van der Waals surface area contributed by atoms with Crippen LogP contribution >= 0.6 is 0 Å². The fourth-order valence-electron chi connectivity index (χ4n) is 5.06. The molecule has 0 saturated carbocycles. The fraction of sp³-hybridized carbons (Fsp3) is 0.474. The van der Waals surface area contributed by atoms with Crippen molar-refractivity contribution in [1.82, 2.24) is 10.3 Å². The smallest absolute Gasteiger partial charge is 0.404 e. The summed E-state index contributed by atoms with van der Waals surface area (Å²) >= 11 is 0. The zero-order valence-corrected chi connectivity index (χ0v) is 27.9. The number of carbonyl (C=O) groups is 1. The highest BCUT2D eigenvalue weighted by atomic mass is 16.5. The van der Waals surface area contributed by atoms with Crippen LogP contribution in [0.25, 0.3) is 5.76 Å². The Morgan fingerprint density at radius 2 is 1.37 bits per heavy atom. The van der Waals surface area contributed by atoms with Crippen molar-refractivity contribution in [1.29, 1.82) is 0 Å². The Morgan fingerprint density at radius 3 is 1.98 bits per heavy atom. The van der Waals surface area contributed by atoms with Gasteiger partial charge in [-0.1, -0.05) is 70.4 Å². The topological polar surface area (TPSA) is 99.1 Å². The highest BCUT2D eigenvalue weighted by molar-refractivity contribution is 5.64. The first kappa shape index (κ1) is 36.4. The number of aromatic nitrogens is 1. The molecule has 250 valence electrons. The lowest BCUT2D eigenvalue weighted by Crippen LogP contribution is -2.22. The Kier molecular flexibility index (Phi) is 16.0. The number of unbranched alkanes of at least 4 members (excludes halogenated alkanes) is 6. The summed E-state index contributed by atoms with van der Waals surface area (Å²) in [6.07, 6.45) is 9.35. The van der Waals surface area contributed by atoms with Crippen LogP contribution in [0.3, 0.4) is 0 Å². The minimum Gasteiger partial charge on any atom is -0.494 e. The van der Waals surface area contributed by atoms with Gasteiger partial charge in [-0.05, 0) is 85.7 Å². The third-order valence-corrected chi connectivity index (χ3v) is 7.93. The molecule has 0 atom stereocenters. The van der Waals surface area contributed by atoms with Crippen molar-refractivity contribution >= 4 is 11.9 Å². The quantitative estimate of drug-likeness (QED) is 0.0796. The number of ether oxygens (including phenoxy) is 4. The number of hydrogen-bond acceptors (Lipinski definition) is 6. The fourth-order valence-corrected chi connectivity index (χ4v) is 5.06. The number of amides is 1. The molecular weight excluding hydrogens is 580 g/mol. The molecule has 3 rings (SSSR count). The van der Waals surface area contributed by atoms with Gasteiger partial charge in [-0.25, -0.2) is 4.79 Å². The first-order valence-corrected chi connectivity index (χ1v) is 16.6. The Labute approximate surface area is 275 Å². The van der Waals surface area contributed by atoms with E-state index in [-0.39, 0.29) is 5.41 Å². The van der Waals surface area contributed by atoms with Gasteiger partial charge in [-0.15, -0.1) is 0 Å². The summed E-state index contributed by atoms with van der Waals surface area (Å²) in [5.41, 5.74) is 4.01. The average Bonchev–Trinajstić information content (AvgIpc) is 3.06. The second kappa shape index (κ2) is 20.2. The van der Waals surface area contributed by atoms with Crippen molar-refractivity contribution in [3.63, 3.8) is 0 Å². The summed E-state index contributed by atoms with van der Waals surface area (Å²) < 4.78 is 23.2. The van der Waals surface area contributed by atoms with Gasteiger partial charge < -0.3 is 29.4 Å². The van der Waals surface area contributed by atoms with Crippen LogP contribution in [0.1, 0.15) is 94.5 Å². The molecular formula is C38H52N2O6. The Balaban J connectivity index is 1.30. The SMILES string of the molecule is C=C(OCC)c1cc(COc2ccc(C(C)(C)c3ccc(OCCCCCCCCOCCCCNC(=O)O)cc3)cc2)ccn1. The standard InChI is InChI=1S/C38H52N2O6/c1-5-44-30(2)36-28-31(22-24-39-36)29-46-35-20-16-33(17-21-35)38(3,4)32-14-18-34(19-15-32)45-27-12-9-7-6-8-11-25-43-26-13-10-23-40-37(41)42/h14-22,24,28,40H,2,5-13,23,25-27,29H2,1,3-4H3,(H,41,42). The maximum Gasteiger partial charge on any atom is 0.404 e. The number of benzene rings is 2. The predicted octanol–water partition coefficient (Wildman–Crippen LogP) is 8.78. The normalized spacial score (nSPS) is 11.2.